The first kappa shape index (κ1) is 16.9. The van der Waals surface area contributed by atoms with Gasteiger partial charge in [-0.05, 0) is 26.3 Å². The third-order valence-electron chi connectivity index (χ3n) is 3.04. The molecule has 1 atom stereocenters. The topological polar surface area (TPSA) is 71.1 Å². The fourth-order valence-electron chi connectivity index (χ4n) is 2.02. The Balaban J connectivity index is 2.78. The third-order valence-corrected chi connectivity index (χ3v) is 4.66. The number of anilines is 1. The molecule has 114 valence electrons. The van der Waals surface area contributed by atoms with Crippen molar-refractivity contribution in [2.45, 2.75) is 57.4 Å². The van der Waals surface area contributed by atoms with Gasteiger partial charge in [-0.2, -0.15) is 0 Å². The molecule has 0 aliphatic heterocycles. The number of unbranched alkanes of at least 4 members (excludes halogenated alkanes) is 2. The molecule has 1 heterocycles. The average Bonchev–Trinajstić information content (AvgIpc) is 2.39. The van der Waals surface area contributed by atoms with Gasteiger partial charge >= 0.3 is 0 Å². The van der Waals surface area contributed by atoms with Gasteiger partial charge in [-0.25, -0.2) is 13.1 Å². The molecule has 5 nitrogen and oxygen atoms in total. The predicted octanol–water partition coefficient (Wildman–Crippen LogP) is 2.76. The van der Waals surface area contributed by atoms with Gasteiger partial charge in [0.1, 0.15) is 4.90 Å². The van der Waals surface area contributed by atoms with Crippen LogP contribution in [0, 0.1) is 0 Å². The van der Waals surface area contributed by atoms with Gasteiger partial charge in [-0.3, -0.25) is 4.98 Å². The van der Waals surface area contributed by atoms with E-state index >= 15 is 0 Å². The average molecular weight is 299 g/mol. The highest BCUT2D eigenvalue weighted by atomic mass is 32.2. The molecule has 6 heteroatoms. The van der Waals surface area contributed by atoms with Gasteiger partial charge in [0.15, 0.2) is 0 Å². The van der Waals surface area contributed by atoms with Crippen LogP contribution < -0.4 is 10.0 Å². The third kappa shape index (κ3) is 5.09. The van der Waals surface area contributed by atoms with Crippen molar-refractivity contribution in [1.29, 1.82) is 0 Å². The normalized spacial score (nSPS) is 13.2. The Morgan fingerprint density at radius 3 is 2.70 bits per heavy atom. The van der Waals surface area contributed by atoms with Gasteiger partial charge in [-0.15, -0.1) is 0 Å². The molecule has 0 saturated heterocycles. The van der Waals surface area contributed by atoms with Crippen LogP contribution in [0.15, 0.2) is 23.4 Å². The second-order valence-electron chi connectivity index (χ2n) is 4.92. The van der Waals surface area contributed by atoms with E-state index in [1.54, 1.807) is 12.3 Å². The van der Waals surface area contributed by atoms with E-state index in [4.69, 9.17) is 0 Å². The highest BCUT2D eigenvalue weighted by molar-refractivity contribution is 7.89. The molecule has 0 amide bonds. The fourth-order valence-corrected chi connectivity index (χ4v) is 3.42. The summed E-state index contributed by atoms with van der Waals surface area (Å²) >= 11 is 0. The van der Waals surface area contributed by atoms with Crippen LogP contribution in [0.3, 0.4) is 0 Å². The summed E-state index contributed by atoms with van der Waals surface area (Å²) in [5.41, 5.74) is 0.593. The van der Waals surface area contributed by atoms with E-state index < -0.39 is 10.0 Å². The molecule has 20 heavy (non-hydrogen) atoms. The van der Waals surface area contributed by atoms with E-state index in [-0.39, 0.29) is 10.9 Å². The van der Waals surface area contributed by atoms with Crippen LogP contribution in [0.2, 0.25) is 0 Å². The summed E-state index contributed by atoms with van der Waals surface area (Å²) in [6, 6.07) is 1.61. The van der Waals surface area contributed by atoms with Gasteiger partial charge < -0.3 is 5.32 Å². The SMILES string of the molecule is CCCCCC(C)NS(=O)(=O)c1cnccc1NCC. The first-order valence-corrected chi connectivity index (χ1v) is 8.69. The number of nitrogens with zero attached hydrogens (tertiary/aromatic N) is 1. The predicted molar refractivity (Wildman–Crippen MR) is 82.3 cm³/mol. The maximum Gasteiger partial charge on any atom is 0.244 e. The number of sulfonamides is 1. The largest absolute Gasteiger partial charge is 0.384 e. The van der Waals surface area contributed by atoms with E-state index in [9.17, 15) is 8.42 Å². The maximum absolute atomic E-state index is 12.4. The van der Waals surface area contributed by atoms with Crippen LogP contribution in [0.5, 0.6) is 0 Å². The number of nitrogens with one attached hydrogen (secondary N) is 2. The Hall–Kier alpha value is -1.14. The zero-order valence-electron chi connectivity index (χ0n) is 12.5. The fraction of sp³-hybridized carbons (Fsp3) is 0.643. The minimum absolute atomic E-state index is 0.0683. The summed E-state index contributed by atoms with van der Waals surface area (Å²) in [7, 11) is -3.52. The highest BCUT2D eigenvalue weighted by Crippen LogP contribution is 2.20. The Bertz CT molecular complexity index is 503. The summed E-state index contributed by atoms with van der Waals surface area (Å²) < 4.78 is 27.5. The first-order valence-electron chi connectivity index (χ1n) is 7.21. The molecule has 0 radical (unpaired) electrons. The Kier molecular flexibility index (Phi) is 6.95. The molecule has 0 bridgehead atoms. The van der Waals surface area contributed by atoms with E-state index in [1.165, 1.54) is 6.20 Å². The molecule has 2 N–H and O–H groups in total. The molecule has 1 aromatic heterocycles. The van der Waals surface area contributed by atoms with Gasteiger partial charge in [0.2, 0.25) is 10.0 Å². The molecule has 1 rings (SSSR count). The number of pyridine rings is 1. The van der Waals surface area contributed by atoms with Crippen molar-refractivity contribution < 1.29 is 8.42 Å². The molecule has 0 aliphatic rings. The molecule has 0 saturated carbocycles. The lowest BCUT2D eigenvalue weighted by Crippen LogP contribution is -2.33. The van der Waals surface area contributed by atoms with Crippen LogP contribution in [-0.2, 0) is 10.0 Å². The van der Waals surface area contributed by atoms with Crippen molar-refractivity contribution in [2.24, 2.45) is 0 Å². The van der Waals surface area contributed by atoms with Crippen LogP contribution in [0.1, 0.15) is 46.5 Å². The van der Waals surface area contributed by atoms with E-state index in [0.29, 0.717) is 12.2 Å². The second-order valence-corrected chi connectivity index (χ2v) is 6.60. The standard InChI is InChI=1S/C14H25N3O2S/c1-4-6-7-8-12(3)17-20(18,19)14-11-15-10-9-13(14)16-5-2/h9-12,17H,4-8H2,1-3H3,(H,15,16). The van der Waals surface area contributed by atoms with Crippen molar-refractivity contribution in [2.75, 3.05) is 11.9 Å². The molecule has 1 aromatic rings. The van der Waals surface area contributed by atoms with E-state index in [1.807, 2.05) is 13.8 Å². The lowest BCUT2D eigenvalue weighted by Gasteiger charge is -2.16. The van der Waals surface area contributed by atoms with Crippen LogP contribution in [0.4, 0.5) is 5.69 Å². The maximum atomic E-state index is 12.4. The number of hydrogen-bond donors (Lipinski definition) is 2. The monoisotopic (exact) mass is 299 g/mol. The number of rotatable bonds is 9. The van der Waals surface area contributed by atoms with Gasteiger partial charge in [0, 0.05) is 25.0 Å². The molecule has 0 spiro atoms. The summed E-state index contributed by atoms with van der Waals surface area (Å²) in [5, 5.41) is 3.05. The Morgan fingerprint density at radius 2 is 2.05 bits per heavy atom. The number of hydrogen-bond acceptors (Lipinski definition) is 4. The lowest BCUT2D eigenvalue weighted by molar-refractivity contribution is 0.527. The van der Waals surface area contributed by atoms with Crippen LogP contribution in [0.25, 0.3) is 0 Å². The van der Waals surface area contributed by atoms with Gasteiger partial charge in [-0.1, -0.05) is 26.2 Å². The van der Waals surface area contributed by atoms with Crippen molar-refractivity contribution in [3.8, 4) is 0 Å². The second kappa shape index (κ2) is 8.21. The van der Waals surface area contributed by atoms with Crippen molar-refractivity contribution in [1.82, 2.24) is 9.71 Å². The van der Waals surface area contributed by atoms with Crippen LogP contribution in [-0.4, -0.2) is 26.0 Å². The van der Waals surface area contributed by atoms with E-state index in [2.05, 4.69) is 21.9 Å². The number of aromatic nitrogens is 1. The summed E-state index contributed by atoms with van der Waals surface area (Å²) in [4.78, 5) is 4.13. The smallest absolute Gasteiger partial charge is 0.244 e. The van der Waals surface area contributed by atoms with Gasteiger partial charge in [0.25, 0.3) is 0 Å². The summed E-state index contributed by atoms with van der Waals surface area (Å²) in [6.07, 6.45) is 7.12. The molecule has 0 fully saturated rings. The minimum atomic E-state index is -3.52. The molecule has 0 aliphatic carbocycles. The van der Waals surface area contributed by atoms with Crippen molar-refractivity contribution >= 4 is 15.7 Å². The zero-order chi connectivity index (χ0) is 15.0. The van der Waals surface area contributed by atoms with Crippen LogP contribution >= 0.6 is 0 Å². The molecular weight excluding hydrogens is 274 g/mol. The Morgan fingerprint density at radius 1 is 1.30 bits per heavy atom. The summed E-state index contributed by atoms with van der Waals surface area (Å²) in [5.74, 6) is 0. The quantitative estimate of drug-likeness (QED) is 0.688. The van der Waals surface area contributed by atoms with Crippen molar-refractivity contribution in [3.05, 3.63) is 18.5 Å². The molecule has 0 aromatic carbocycles. The minimum Gasteiger partial charge on any atom is -0.384 e. The van der Waals surface area contributed by atoms with E-state index in [0.717, 1.165) is 25.7 Å². The van der Waals surface area contributed by atoms with Crippen molar-refractivity contribution in [3.63, 3.8) is 0 Å². The zero-order valence-corrected chi connectivity index (χ0v) is 13.3. The van der Waals surface area contributed by atoms with Gasteiger partial charge in [0.05, 0.1) is 5.69 Å². The molecular formula is C14H25N3O2S. The Labute approximate surface area is 122 Å². The first-order chi connectivity index (χ1) is 9.51. The molecule has 1 unspecified atom stereocenters. The highest BCUT2D eigenvalue weighted by Gasteiger charge is 2.20. The lowest BCUT2D eigenvalue weighted by atomic mass is 10.1. The summed E-state index contributed by atoms with van der Waals surface area (Å²) in [6.45, 7) is 6.62.